The summed E-state index contributed by atoms with van der Waals surface area (Å²) in [5.74, 6) is -0.416. The zero-order chi connectivity index (χ0) is 25.1. The molecule has 2 heterocycles. The van der Waals surface area contributed by atoms with E-state index in [2.05, 4.69) is 4.90 Å². The maximum Gasteiger partial charge on any atom is 0.262 e. The third-order valence-corrected chi connectivity index (χ3v) is 7.16. The molecule has 2 aromatic rings. The van der Waals surface area contributed by atoms with Gasteiger partial charge in [0, 0.05) is 38.5 Å². The van der Waals surface area contributed by atoms with Crippen molar-refractivity contribution in [2.45, 2.75) is 32.2 Å². The lowest BCUT2D eigenvalue weighted by molar-refractivity contribution is -0.142. The van der Waals surface area contributed by atoms with Gasteiger partial charge in [0.25, 0.3) is 5.91 Å². The van der Waals surface area contributed by atoms with Gasteiger partial charge in [0.2, 0.25) is 5.91 Å². The fourth-order valence-corrected chi connectivity index (χ4v) is 4.78. The van der Waals surface area contributed by atoms with Gasteiger partial charge in [-0.15, -0.1) is 0 Å². The van der Waals surface area contributed by atoms with Gasteiger partial charge in [-0.1, -0.05) is 42.0 Å². The second-order valence-corrected chi connectivity index (χ2v) is 9.91. The number of morpholine rings is 1. The first-order valence-corrected chi connectivity index (χ1v) is 12.8. The molecule has 1 aliphatic carbocycles. The average Bonchev–Trinajstić information content (AvgIpc) is 3.66. The van der Waals surface area contributed by atoms with Crippen molar-refractivity contribution in [1.29, 1.82) is 0 Å². The van der Waals surface area contributed by atoms with Gasteiger partial charge in [0.1, 0.15) is 12.4 Å². The fourth-order valence-electron chi connectivity index (χ4n) is 4.78. The molecule has 3 aliphatic rings. The molecule has 190 valence electrons. The molecule has 2 fully saturated rings. The molecule has 2 aliphatic heterocycles. The van der Waals surface area contributed by atoms with Crippen LogP contribution in [0.25, 0.3) is 0 Å². The Hall–Kier alpha value is -3.10. The smallest absolute Gasteiger partial charge is 0.262 e. The van der Waals surface area contributed by atoms with Crippen molar-refractivity contribution in [2.75, 3.05) is 45.9 Å². The Morgan fingerprint density at radius 1 is 1.06 bits per heavy atom. The van der Waals surface area contributed by atoms with Crippen LogP contribution in [0.2, 0.25) is 0 Å². The summed E-state index contributed by atoms with van der Waals surface area (Å²) in [5, 5.41) is 6.24. The number of hydrazone groups is 1. The van der Waals surface area contributed by atoms with Crippen LogP contribution in [-0.2, 0) is 14.3 Å². The zero-order valence-corrected chi connectivity index (χ0v) is 20.7. The van der Waals surface area contributed by atoms with Gasteiger partial charge in [-0.3, -0.25) is 14.5 Å². The van der Waals surface area contributed by atoms with Crippen LogP contribution in [0.15, 0.2) is 53.6 Å². The number of amides is 2. The third-order valence-electron chi connectivity index (χ3n) is 7.16. The third kappa shape index (κ3) is 5.82. The van der Waals surface area contributed by atoms with Crippen LogP contribution in [0, 0.1) is 18.7 Å². The summed E-state index contributed by atoms with van der Waals surface area (Å²) >= 11 is 0. The normalized spacial score (nSPS) is 20.3. The minimum absolute atomic E-state index is 0.00221. The number of rotatable bonds is 8. The maximum absolute atomic E-state index is 13.7. The van der Waals surface area contributed by atoms with E-state index in [-0.39, 0.29) is 36.1 Å². The first kappa shape index (κ1) is 24.6. The molecule has 0 N–H and O–H groups in total. The second-order valence-electron chi connectivity index (χ2n) is 9.91. The van der Waals surface area contributed by atoms with Crippen molar-refractivity contribution in [3.05, 3.63) is 71.0 Å². The number of nitrogens with zero attached hydrogens (tertiary/aromatic N) is 4. The highest BCUT2D eigenvalue weighted by atomic mass is 19.1. The number of benzene rings is 2. The Kier molecular flexibility index (Phi) is 7.43. The highest BCUT2D eigenvalue weighted by molar-refractivity contribution is 6.03. The lowest BCUT2D eigenvalue weighted by atomic mass is 9.97. The Labute approximate surface area is 211 Å². The summed E-state index contributed by atoms with van der Waals surface area (Å²) in [4.78, 5) is 30.7. The molecule has 8 heteroatoms. The molecule has 2 aromatic carbocycles. The molecular formula is C28H33FN4O3. The molecule has 36 heavy (non-hydrogen) atoms. The largest absolute Gasteiger partial charge is 0.379 e. The summed E-state index contributed by atoms with van der Waals surface area (Å²) < 4.78 is 18.9. The molecule has 0 unspecified atom stereocenters. The van der Waals surface area contributed by atoms with Gasteiger partial charge in [0.15, 0.2) is 0 Å². The summed E-state index contributed by atoms with van der Waals surface area (Å²) in [6, 6.07) is 14.0. The summed E-state index contributed by atoms with van der Waals surface area (Å²) in [6.07, 6.45) is 2.32. The van der Waals surface area contributed by atoms with Crippen molar-refractivity contribution in [3.63, 3.8) is 0 Å². The number of halogens is 1. The van der Waals surface area contributed by atoms with Gasteiger partial charge in [-0.2, -0.15) is 5.10 Å². The SMILES string of the molecule is Cc1ccc([C@H]2CC(c3ccc(F)cc3)=NN2C(=O)CN(CCN2CCOCC2)C(=O)C2CC2)cc1. The number of ether oxygens (including phenoxy) is 1. The van der Waals surface area contributed by atoms with Crippen LogP contribution in [0.5, 0.6) is 0 Å². The van der Waals surface area contributed by atoms with Gasteiger partial charge < -0.3 is 9.64 Å². The highest BCUT2D eigenvalue weighted by Crippen LogP contribution is 2.34. The molecule has 0 bridgehead atoms. The summed E-state index contributed by atoms with van der Waals surface area (Å²) in [5.41, 5.74) is 3.66. The van der Waals surface area contributed by atoms with E-state index in [4.69, 9.17) is 9.84 Å². The summed E-state index contributed by atoms with van der Waals surface area (Å²) in [7, 11) is 0. The van der Waals surface area contributed by atoms with Crippen LogP contribution in [0.4, 0.5) is 4.39 Å². The molecule has 0 spiro atoms. The van der Waals surface area contributed by atoms with E-state index in [1.54, 1.807) is 17.0 Å². The quantitative estimate of drug-likeness (QED) is 0.567. The fraction of sp³-hybridized carbons (Fsp3) is 0.464. The van der Waals surface area contributed by atoms with E-state index in [9.17, 15) is 14.0 Å². The second kappa shape index (κ2) is 10.9. The highest BCUT2D eigenvalue weighted by Gasteiger charge is 2.37. The Balaban J connectivity index is 1.35. The van der Waals surface area contributed by atoms with Crippen molar-refractivity contribution in [3.8, 4) is 0 Å². The number of carbonyl (C=O) groups is 2. The Morgan fingerprint density at radius 2 is 1.75 bits per heavy atom. The van der Waals surface area contributed by atoms with E-state index in [1.807, 2.05) is 31.2 Å². The number of hydrogen-bond donors (Lipinski definition) is 0. The molecule has 0 aromatic heterocycles. The van der Waals surface area contributed by atoms with Gasteiger partial charge in [-0.25, -0.2) is 9.40 Å². The predicted octanol–water partition coefficient (Wildman–Crippen LogP) is 3.38. The van der Waals surface area contributed by atoms with Crippen LogP contribution < -0.4 is 0 Å². The Bertz CT molecular complexity index is 1110. The van der Waals surface area contributed by atoms with Gasteiger partial charge in [-0.05, 0) is 43.0 Å². The van der Waals surface area contributed by atoms with Crippen LogP contribution in [0.1, 0.15) is 42.0 Å². The predicted molar refractivity (Wildman–Crippen MR) is 135 cm³/mol. The van der Waals surface area contributed by atoms with Crippen LogP contribution in [0.3, 0.4) is 0 Å². The van der Waals surface area contributed by atoms with E-state index in [1.165, 1.54) is 17.1 Å². The lowest BCUT2D eigenvalue weighted by Crippen LogP contribution is -2.47. The van der Waals surface area contributed by atoms with Gasteiger partial charge in [0.05, 0.1) is 25.0 Å². The standard InChI is InChI=1S/C28H33FN4O3/c1-20-2-4-22(5-3-20)26-18-25(21-8-10-24(29)11-9-21)30-33(26)27(34)19-32(28(35)23-6-7-23)13-12-31-14-16-36-17-15-31/h2-5,8-11,23,26H,6-7,12-19H2,1H3/t26-/m1/s1. The van der Waals surface area contributed by atoms with Crippen molar-refractivity contribution < 1.29 is 18.7 Å². The molecule has 1 saturated heterocycles. The van der Waals surface area contributed by atoms with Crippen molar-refractivity contribution in [1.82, 2.24) is 14.8 Å². The first-order chi connectivity index (χ1) is 17.5. The summed E-state index contributed by atoms with van der Waals surface area (Å²) in [6.45, 7) is 6.34. The molecule has 5 rings (SSSR count). The van der Waals surface area contributed by atoms with E-state index in [0.29, 0.717) is 26.2 Å². The first-order valence-electron chi connectivity index (χ1n) is 12.8. The van der Waals surface area contributed by atoms with E-state index >= 15 is 0 Å². The topological polar surface area (TPSA) is 65.5 Å². The van der Waals surface area contributed by atoms with Crippen LogP contribution >= 0.6 is 0 Å². The molecule has 1 atom stereocenters. The minimum atomic E-state index is -0.310. The maximum atomic E-state index is 13.7. The van der Waals surface area contributed by atoms with E-state index in [0.717, 1.165) is 54.9 Å². The average molecular weight is 493 g/mol. The van der Waals surface area contributed by atoms with Crippen LogP contribution in [-0.4, -0.2) is 78.3 Å². The zero-order valence-electron chi connectivity index (χ0n) is 20.7. The van der Waals surface area contributed by atoms with Crippen molar-refractivity contribution in [2.24, 2.45) is 11.0 Å². The minimum Gasteiger partial charge on any atom is -0.379 e. The van der Waals surface area contributed by atoms with Crippen molar-refractivity contribution >= 4 is 17.5 Å². The molecular weight excluding hydrogens is 459 g/mol. The number of carbonyl (C=O) groups excluding carboxylic acids is 2. The molecule has 1 saturated carbocycles. The molecule has 2 amide bonds. The molecule has 7 nitrogen and oxygen atoms in total. The van der Waals surface area contributed by atoms with E-state index < -0.39 is 0 Å². The Morgan fingerprint density at radius 3 is 2.42 bits per heavy atom. The lowest BCUT2D eigenvalue weighted by Gasteiger charge is -2.31. The number of aryl methyl sites for hydroxylation is 1. The molecule has 0 radical (unpaired) electrons. The van der Waals surface area contributed by atoms with Gasteiger partial charge >= 0.3 is 0 Å². The monoisotopic (exact) mass is 492 g/mol. The number of hydrogen-bond acceptors (Lipinski definition) is 5.